The number of fused-ring (bicyclic) bond motifs is 1. The highest BCUT2D eigenvalue weighted by Crippen LogP contribution is 2.25. The van der Waals surface area contributed by atoms with Gasteiger partial charge in [0.25, 0.3) is 5.91 Å². The summed E-state index contributed by atoms with van der Waals surface area (Å²) in [5.74, 6) is 1.86. The van der Waals surface area contributed by atoms with Crippen LogP contribution in [0.15, 0.2) is 42.5 Å². The molecule has 0 aliphatic carbocycles. The summed E-state index contributed by atoms with van der Waals surface area (Å²) in [7, 11) is 1.64. The van der Waals surface area contributed by atoms with Gasteiger partial charge in [-0.25, -0.2) is 0 Å². The van der Waals surface area contributed by atoms with Crippen molar-refractivity contribution in [1.29, 1.82) is 0 Å². The summed E-state index contributed by atoms with van der Waals surface area (Å²) < 4.78 is 7.20. The molecule has 0 atom stereocenters. The molecule has 4 rings (SSSR count). The molecule has 0 radical (unpaired) electrons. The summed E-state index contributed by atoms with van der Waals surface area (Å²) in [4.78, 5) is 14.7. The highest BCUT2D eigenvalue weighted by Gasteiger charge is 2.29. The fraction of sp³-hybridized carbons (Fsp3) is 0.286. The van der Waals surface area contributed by atoms with Crippen LogP contribution in [-0.4, -0.2) is 39.2 Å². The molecule has 3 aromatic rings. The van der Waals surface area contributed by atoms with Crippen molar-refractivity contribution in [2.24, 2.45) is 0 Å². The van der Waals surface area contributed by atoms with E-state index < -0.39 is 0 Å². The summed E-state index contributed by atoms with van der Waals surface area (Å²) in [6.45, 7) is 5.96. The zero-order chi connectivity index (χ0) is 19.0. The van der Waals surface area contributed by atoms with Crippen molar-refractivity contribution in [3.05, 3.63) is 65.0 Å². The Hall–Kier alpha value is -3.15. The summed E-state index contributed by atoms with van der Waals surface area (Å²) in [6.07, 6.45) is 0. The average molecular weight is 362 g/mol. The van der Waals surface area contributed by atoms with Crippen LogP contribution in [0.5, 0.6) is 5.75 Å². The molecule has 27 heavy (non-hydrogen) atoms. The molecule has 0 unspecified atom stereocenters. The van der Waals surface area contributed by atoms with Crippen molar-refractivity contribution >= 4 is 5.91 Å². The van der Waals surface area contributed by atoms with Gasteiger partial charge >= 0.3 is 0 Å². The number of hydrogen-bond donors (Lipinski definition) is 0. The SMILES string of the molecule is COc1cccc(CN2CCn3c(nnc3-c3cc(C)cc(C)c3)C2=O)c1. The molecule has 0 saturated heterocycles. The Morgan fingerprint density at radius 1 is 1.00 bits per heavy atom. The topological polar surface area (TPSA) is 60.2 Å². The number of hydrogen-bond acceptors (Lipinski definition) is 4. The average Bonchev–Trinajstić information content (AvgIpc) is 3.08. The quantitative estimate of drug-likeness (QED) is 0.715. The third kappa shape index (κ3) is 3.30. The first-order chi connectivity index (χ1) is 13.0. The predicted octanol–water partition coefficient (Wildman–Crippen LogP) is 3.23. The zero-order valence-electron chi connectivity index (χ0n) is 15.8. The Morgan fingerprint density at radius 3 is 2.48 bits per heavy atom. The van der Waals surface area contributed by atoms with Crippen LogP contribution in [0.2, 0.25) is 0 Å². The van der Waals surface area contributed by atoms with Crippen LogP contribution in [0.3, 0.4) is 0 Å². The first kappa shape index (κ1) is 17.3. The predicted molar refractivity (Wildman–Crippen MR) is 103 cm³/mol. The van der Waals surface area contributed by atoms with Gasteiger partial charge in [0.1, 0.15) is 5.75 Å². The van der Waals surface area contributed by atoms with Gasteiger partial charge < -0.3 is 14.2 Å². The Labute approximate surface area is 158 Å². The summed E-state index contributed by atoms with van der Waals surface area (Å²) in [5.41, 5.74) is 4.37. The number of nitrogens with zero attached hydrogens (tertiary/aromatic N) is 4. The van der Waals surface area contributed by atoms with E-state index in [4.69, 9.17) is 4.74 Å². The van der Waals surface area contributed by atoms with Gasteiger partial charge in [-0.05, 0) is 43.7 Å². The molecule has 0 N–H and O–H groups in total. The maximum atomic E-state index is 12.9. The van der Waals surface area contributed by atoms with Gasteiger partial charge in [0.2, 0.25) is 5.82 Å². The fourth-order valence-electron chi connectivity index (χ4n) is 3.60. The molecule has 1 aliphatic heterocycles. The molecular weight excluding hydrogens is 340 g/mol. The molecule has 6 nitrogen and oxygen atoms in total. The summed E-state index contributed by atoms with van der Waals surface area (Å²) >= 11 is 0. The van der Waals surface area contributed by atoms with Crippen molar-refractivity contribution in [3.8, 4) is 17.1 Å². The van der Waals surface area contributed by atoms with Gasteiger partial charge in [0.15, 0.2) is 5.82 Å². The number of aryl methyl sites for hydroxylation is 2. The fourth-order valence-corrected chi connectivity index (χ4v) is 3.60. The number of carbonyl (C=O) groups excluding carboxylic acids is 1. The number of ether oxygens (including phenoxy) is 1. The highest BCUT2D eigenvalue weighted by molar-refractivity contribution is 5.92. The third-order valence-corrected chi connectivity index (χ3v) is 4.81. The van der Waals surface area contributed by atoms with E-state index in [2.05, 4.69) is 42.2 Å². The van der Waals surface area contributed by atoms with E-state index in [1.165, 1.54) is 11.1 Å². The second kappa shape index (κ2) is 6.87. The second-order valence-electron chi connectivity index (χ2n) is 6.95. The van der Waals surface area contributed by atoms with E-state index in [0.29, 0.717) is 25.5 Å². The van der Waals surface area contributed by atoms with Crippen molar-refractivity contribution in [2.45, 2.75) is 26.9 Å². The number of methoxy groups -OCH3 is 1. The number of rotatable bonds is 4. The first-order valence-corrected chi connectivity index (χ1v) is 8.99. The largest absolute Gasteiger partial charge is 0.497 e. The molecule has 6 heteroatoms. The molecule has 0 fully saturated rings. The van der Waals surface area contributed by atoms with Gasteiger partial charge in [-0.3, -0.25) is 4.79 Å². The molecule has 1 aliphatic rings. The molecular formula is C21H22N4O2. The Bertz CT molecular complexity index is 989. The van der Waals surface area contributed by atoms with Crippen molar-refractivity contribution in [2.75, 3.05) is 13.7 Å². The van der Waals surface area contributed by atoms with Gasteiger partial charge in [0.05, 0.1) is 7.11 Å². The maximum absolute atomic E-state index is 12.9. The van der Waals surface area contributed by atoms with Crippen LogP contribution in [0.4, 0.5) is 0 Å². The summed E-state index contributed by atoms with van der Waals surface area (Å²) in [5, 5.41) is 8.51. The Kier molecular flexibility index (Phi) is 4.39. The smallest absolute Gasteiger partial charge is 0.292 e. The molecule has 1 aromatic heterocycles. The summed E-state index contributed by atoms with van der Waals surface area (Å²) in [6, 6.07) is 14.1. The van der Waals surface area contributed by atoms with Crippen LogP contribution in [0.25, 0.3) is 11.4 Å². The van der Waals surface area contributed by atoms with E-state index >= 15 is 0 Å². The Balaban J connectivity index is 1.61. The highest BCUT2D eigenvalue weighted by atomic mass is 16.5. The lowest BCUT2D eigenvalue weighted by atomic mass is 10.1. The van der Waals surface area contributed by atoms with Crippen LogP contribution in [0.1, 0.15) is 27.3 Å². The van der Waals surface area contributed by atoms with Crippen LogP contribution < -0.4 is 4.74 Å². The maximum Gasteiger partial charge on any atom is 0.292 e. The van der Waals surface area contributed by atoms with Crippen molar-refractivity contribution in [1.82, 2.24) is 19.7 Å². The van der Waals surface area contributed by atoms with Crippen LogP contribution in [-0.2, 0) is 13.1 Å². The van der Waals surface area contributed by atoms with E-state index in [1.807, 2.05) is 33.7 Å². The van der Waals surface area contributed by atoms with E-state index in [-0.39, 0.29) is 5.91 Å². The van der Waals surface area contributed by atoms with Crippen LogP contribution in [0, 0.1) is 13.8 Å². The van der Waals surface area contributed by atoms with Crippen molar-refractivity contribution in [3.63, 3.8) is 0 Å². The molecule has 2 heterocycles. The minimum Gasteiger partial charge on any atom is -0.497 e. The third-order valence-electron chi connectivity index (χ3n) is 4.81. The molecule has 0 saturated carbocycles. The molecule has 2 aromatic carbocycles. The second-order valence-corrected chi connectivity index (χ2v) is 6.95. The lowest BCUT2D eigenvalue weighted by Gasteiger charge is -2.27. The van der Waals surface area contributed by atoms with Crippen LogP contribution >= 0.6 is 0 Å². The molecule has 138 valence electrons. The van der Waals surface area contributed by atoms with E-state index in [0.717, 1.165) is 22.7 Å². The number of carbonyl (C=O) groups is 1. The van der Waals surface area contributed by atoms with E-state index in [9.17, 15) is 4.79 Å². The van der Waals surface area contributed by atoms with Gasteiger partial charge in [-0.2, -0.15) is 0 Å². The number of benzene rings is 2. The molecule has 0 bridgehead atoms. The lowest BCUT2D eigenvalue weighted by Crippen LogP contribution is -2.40. The van der Waals surface area contributed by atoms with Gasteiger partial charge in [-0.15, -0.1) is 10.2 Å². The van der Waals surface area contributed by atoms with Gasteiger partial charge in [0, 0.05) is 25.2 Å². The minimum atomic E-state index is -0.0906. The van der Waals surface area contributed by atoms with E-state index in [1.54, 1.807) is 7.11 Å². The number of aromatic nitrogens is 3. The van der Waals surface area contributed by atoms with Crippen molar-refractivity contribution < 1.29 is 9.53 Å². The number of amides is 1. The molecule has 1 amide bonds. The lowest BCUT2D eigenvalue weighted by molar-refractivity contribution is 0.0683. The molecule has 0 spiro atoms. The zero-order valence-corrected chi connectivity index (χ0v) is 15.8. The minimum absolute atomic E-state index is 0.0906. The first-order valence-electron chi connectivity index (χ1n) is 8.99. The normalized spacial score (nSPS) is 13.6. The monoisotopic (exact) mass is 362 g/mol. The van der Waals surface area contributed by atoms with Gasteiger partial charge in [-0.1, -0.05) is 29.3 Å². The standard InChI is InChI=1S/C21H22N4O2/c1-14-9-15(2)11-17(10-14)19-22-23-20-21(26)24(7-8-25(19)20)13-16-5-4-6-18(12-16)27-3/h4-6,9-12H,7-8,13H2,1-3H3. The Morgan fingerprint density at radius 2 is 1.74 bits per heavy atom.